The number of halogens is 1. The summed E-state index contributed by atoms with van der Waals surface area (Å²) in [6, 6.07) is 4.78. The van der Waals surface area contributed by atoms with Crippen LogP contribution < -0.4 is 5.32 Å². The Balaban J connectivity index is 2.40. The summed E-state index contributed by atoms with van der Waals surface area (Å²) in [4.78, 5) is 23.2. The third kappa shape index (κ3) is 6.74. The minimum Gasteiger partial charge on any atom is -0.459 e. The molecule has 0 fully saturated rings. The Bertz CT molecular complexity index is 493. The second-order valence-electron chi connectivity index (χ2n) is 5.60. The van der Waals surface area contributed by atoms with Crippen LogP contribution in [0, 0.1) is 5.82 Å². The van der Waals surface area contributed by atoms with Crippen molar-refractivity contribution in [1.82, 2.24) is 5.32 Å². The Hall–Kier alpha value is -2.11. The number of amides is 1. The van der Waals surface area contributed by atoms with Crippen LogP contribution in [0.15, 0.2) is 24.3 Å². The van der Waals surface area contributed by atoms with E-state index in [4.69, 9.17) is 9.47 Å². The number of hydrogen-bond donors (Lipinski definition) is 1. The van der Waals surface area contributed by atoms with E-state index in [1.54, 1.807) is 20.8 Å². The lowest BCUT2D eigenvalue weighted by molar-refractivity contribution is -0.147. The topological polar surface area (TPSA) is 64.6 Å². The predicted octanol–water partition coefficient (Wildman–Crippen LogP) is 2.78. The fourth-order valence-electron chi connectivity index (χ4n) is 1.40. The van der Waals surface area contributed by atoms with E-state index in [2.05, 4.69) is 5.32 Å². The Labute approximate surface area is 123 Å². The highest BCUT2D eigenvalue weighted by atomic mass is 19.1. The number of rotatable bonds is 4. The van der Waals surface area contributed by atoms with Crippen molar-refractivity contribution in [1.29, 1.82) is 0 Å². The van der Waals surface area contributed by atoms with E-state index in [0.29, 0.717) is 5.56 Å². The Morgan fingerprint density at radius 3 is 2.33 bits per heavy atom. The largest absolute Gasteiger partial charge is 0.459 e. The van der Waals surface area contributed by atoms with Gasteiger partial charge in [-0.05, 0) is 45.4 Å². The molecule has 1 rings (SSSR count). The zero-order chi connectivity index (χ0) is 16.0. The first-order valence-electron chi connectivity index (χ1n) is 6.58. The fraction of sp³-hybridized carbons (Fsp3) is 0.467. The maximum Gasteiger partial charge on any atom is 0.408 e. The number of esters is 1. The van der Waals surface area contributed by atoms with Gasteiger partial charge in [-0.15, -0.1) is 0 Å². The summed E-state index contributed by atoms with van der Waals surface area (Å²) < 4.78 is 22.8. The van der Waals surface area contributed by atoms with E-state index in [9.17, 15) is 14.0 Å². The van der Waals surface area contributed by atoms with E-state index in [0.717, 1.165) is 0 Å². The summed E-state index contributed by atoms with van der Waals surface area (Å²) in [5.41, 5.74) is 0.0242. The molecule has 1 unspecified atom stereocenters. The highest BCUT2D eigenvalue weighted by Crippen LogP contribution is 2.08. The van der Waals surface area contributed by atoms with Crippen LogP contribution in [-0.2, 0) is 20.9 Å². The average Bonchev–Trinajstić information content (AvgIpc) is 2.35. The van der Waals surface area contributed by atoms with Crippen molar-refractivity contribution in [2.45, 2.75) is 45.9 Å². The van der Waals surface area contributed by atoms with E-state index in [1.165, 1.54) is 31.2 Å². The van der Waals surface area contributed by atoms with Crippen molar-refractivity contribution in [2.75, 3.05) is 0 Å². The number of ether oxygens (including phenoxy) is 2. The zero-order valence-corrected chi connectivity index (χ0v) is 12.6. The fourth-order valence-corrected chi connectivity index (χ4v) is 1.40. The molecule has 5 nitrogen and oxygen atoms in total. The molecule has 0 heterocycles. The molecule has 1 N–H and O–H groups in total. The monoisotopic (exact) mass is 297 g/mol. The van der Waals surface area contributed by atoms with Gasteiger partial charge in [-0.3, -0.25) is 0 Å². The van der Waals surface area contributed by atoms with Crippen LogP contribution in [0.3, 0.4) is 0 Å². The van der Waals surface area contributed by atoms with Crippen molar-refractivity contribution >= 4 is 12.1 Å². The van der Waals surface area contributed by atoms with Crippen LogP contribution in [0.5, 0.6) is 0 Å². The van der Waals surface area contributed by atoms with Gasteiger partial charge in [0.2, 0.25) is 0 Å². The number of nitrogens with one attached hydrogen (secondary N) is 1. The summed E-state index contributed by atoms with van der Waals surface area (Å²) in [6.45, 7) is 6.69. The van der Waals surface area contributed by atoms with Gasteiger partial charge < -0.3 is 14.8 Å². The highest BCUT2D eigenvalue weighted by molar-refractivity contribution is 5.81. The summed E-state index contributed by atoms with van der Waals surface area (Å²) in [6.07, 6.45) is -0.686. The molecule has 0 aliphatic carbocycles. The van der Waals surface area contributed by atoms with Crippen LogP contribution in [0.4, 0.5) is 9.18 Å². The van der Waals surface area contributed by atoms with Crippen molar-refractivity contribution in [3.63, 3.8) is 0 Å². The molecule has 0 aliphatic heterocycles. The molecule has 0 bridgehead atoms. The lowest BCUT2D eigenvalue weighted by atomic mass is 10.2. The van der Waals surface area contributed by atoms with Gasteiger partial charge in [-0.25, -0.2) is 14.0 Å². The Kier molecular flexibility index (Phi) is 5.69. The SMILES string of the molecule is CC(NC(=O)OC(C)(C)C)C(=O)OCc1ccc(F)cc1. The molecule has 0 spiro atoms. The van der Waals surface area contributed by atoms with Crippen LogP contribution in [0.1, 0.15) is 33.3 Å². The molecule has 1 amide bonds. The van der Waals surface area contributed by atoms with E-state index < -0.39 is 23.7 Å². The molecule has 21 heavy (non-hydrogen) atoms. The average molecular weight is 297 g/mol. The molecule has 1 aromatic carbocycles. The molecule has 0 saturated heterocycles. The quantitative estimate of drug-likeness (QED) is 0.868. The molecule has 6 heteroatoms. The van der Waals surface area contributed by atoms with Gasteiger partial charge >= 0.3 is 12.1 Å². The first-order valence-corrected chi connectivity index (χ1v) is 6.58. The zero-order valence-electron chi connectivity index (χ0n) is 12.6. The smallest absolute Gasteiger partial charge is 0.408 e. The van der Waals surface area contributed by atoms with Crippen molar-refractivity contribution < 1.29 is 23.5 Å². The minimum absolute atomic E-state index is 0.0133. The minimum atomic E-state index is -0.833. The molecule has 0 radical (unpaired) electrons. The maximum absolute atomic E-state index is 12.7. The second-order valence-corrected chi connectivity index (χ2v) is 5.60. The van der Waals surface area contributed by atoms with E-state index in [-0.39, 0.29) is 12.4 Å². The molecule has 0 aliphatic rings. The predicted molar refractivity (Wildman–Crippen MR) is 75.0 cm³/mol. The molecule has 0 aromatic heterocycles. The third-order valence-corrected chi connectivity index (χ3v) is 2.38. The Morgan fingerprint density at radius 2 is 1.81 bits per heavy atom. The standard InChI is InChI=1S/C15H20FNO4/c1-10(17-14(19)21-15(2,3)4)13(18)20-9-11-5-7-12(16)8-6-11/h5-8,10H,9H2,1-4H3,(H,17,19). The lowest BCUT2D eigenvalue weighted by Crippen LogP contribution is -2.42. The van der Waals surface area contributed by atoms with Gasteiger partial charge in [0.15, 0.2) is 0 Å². The summed E-state index contributed by atoms with van der Waals surface area (Å²) in [5, 5.41) is 2.39. The van der Waals surface area contributed by atoms with Crippen LogP contribution in [0.2, 0.25) is 0 Å². The molecular weight excluding hydrogens is 277 g/mol. The highest BCUT2D eigenvalue weighted by Gasteiger charge is 2.21. The van der Waals surface area contributed by atoms with E-state index >= 15 is 0 Å². The lowest BCUT2D eigenvalue weighted by Gasteiger charge is -2.21. The van der Waals surface area contributed by atoms with Gasteiger partial charge in [-0.2, -0.15) is 0 Å². The third-order valence-electron chi connectivity index (χ3n) is 2.38. The number of benzene rings is 1. The Morgan fingerprint density at radius 1 is 1.24 bits per heavy atom. The van der Waals surface area contributed by atoms with Crippen LogP contribution in [-0.4, -0.2) is 23.7 Å². The summed E-state index contributed by atoms with van der Waals surface area (Å²) in [5.74, 6) is -0.949. The summed E-state index contributed by atoms with van der Waals surface area (Å²) in [7, 11) is 0. The number of alkyl carbamates (subject to hydrolysis) is 1. The van der Waals surface area contributed by atoms with Crippen molar-refractivity contribution in [3.05, 3.63) is 35.6 Å². The molecule has 0 saturated carbocycles. The summed E-state index contributed by atoms with van der Waals surface area (Å²) >= 11 is 0. The number of carbonyl (C=O) groups excluding carboxylic acids is 2. The van der Waals surface area contributed by atoms with Crippen LogP contribution in [0.25, 0.3) is 0 Å². The molecular formula is C15H20FNO4. The van der Waals surface area contributed by atoms with Gasteiger partial charge in [0.1, 0.15) is 24.1 Å². The van der Waals surface area contributed by atoms with Gasteiger partial charge in [-0.1, -0.05) is 12.1 Å². The number of carbonyl (C=O) groups is 2. The van der Waals surface area contributed by atoms with E-state index in [1.807, 2.05) is 0 Å². The van der Waals surface area contributed by atoms with Crippen molar-refractivity contribution in [3.8, 4) is 0 Å². The van der Waals surface area contributed by atoms with Crippen molar-refractivity contribution in [2.24, 2.45) is 0 Å². The van der Waals surface area contributed by atoms with Gasteiger partial charge in [0.25, 0.3) is 0 Å². The molecule has 116 valence electrons. The van der Waals surface area contributed by atoms with Gasteiger partial charge in [0, 0.05) is 0 Å². The molecule has 1 aromatic rings. The maximum atomic E-state index is 12.7. The first-order chi connectivity index (χ1) is 9.67. The normalized spacial score (nSPS) is 12.4. The van der Waals surface area contributed by atoms with Crippen LogP contribution >= 0.6 is 0 Å². The first kappa shape index (κ1) is 16.9. The molecule has 1 atom stereocenters. The van der Waals surface area contributed by atoms with Gasteiger partial charge in [0.05, 0.1) is 0 Å². The second kappa shape index (κ2) is 7.06. The number of hydrogen-bond acceptors (Lipinski definition) is 4.